The third kappa shape index (κ3) is 7.19. The van der Waals surface area contributed by atoms with Gasteiger partial charge in [-0.2, -0.15) is 0 Å². The molecule has 0 aliphatic heterocycles. The Kier molecular flexibility index (Phi) is 10.1. The zero-order valence-corrected chi connectivity index (χ0v) is 20.9. The molecule has 1 amide bonds. The fraction of sp³-hybridized carbons (Fsp3) is 0.308. The number of amides is 1. The summed E-state index contributed by atoms with van der Waals surface area (Å²) in [6.07, 6.45) is 2.26. The van der Waals surface area contributed by atoms with Gasteiger partial charge in [-0.1, -0.05) is 48.5 Å². The second-order valence-corrected chi connectivity index (χ2v) is 8.76. The van der Waals surface area contributed by atoms with Crippen molar-refractivity contribution in [2.45, 2.75) is 29.9 Å². The van der Waals surface area contributed by atoms with Crippen molar-refractivity contribution < 1.29 is 33.0 Å². The van der Waals surface area contributed by atoms with Crippen LogP contribution in [0, 0.1) is 0 Å². The van der Waals surface area contributed by atoms with E-state index in [0.717, 1.165) is 24.7 Å². The predicted molar refractivity (Wildman–Crippen MR) is 132 cm³/mol. The number of carbonyl (C=O) groups is 3. The summed E-state index contributed by atoms with van der Waals surface area (Å²) in [6.45, 7) is 0.994. The first-order valence-electron chi connectivity index (χ1n) is 11.2. The van der Waals surface area contributed by atoms with Crippen molar-refractivity contribution >= 4 is 29.6 Å². The van der Waals surface area contributed by atoms with E-state index in [4.69, 9.17) is 18.6 Å². The average Bonchev–Trinajstić information content (AvgIpc) is 3.40. The van der Waals surface area contributed by atoms with E-state index in [9.17, 15) is 14.4 Å². The summed E-state index contributed by atoms with van der Waals surface area (Å²) in [7, 11) is 2.26. The Labute approximate surface area is 213 Å². The lowest BCUT2D eigenvalue weighted by Crippen LogP contribution is -2.63. The molecule has 0 aliphatic rings. The Morgan fingerprint density at radius 2 is 1.61 bits per heavy atom. The van der Waals surface area contributed by atoms with Gasteiger partial charge in [-0.05, 0) is 24.1 Å². The van der Waals surface area contributed by atoms with Crippen LogP contribution in [0.3, 0.4) is 0 Å². The lowest BCUT2D eigenvalue weighted by Gasteiger charge is -2.28. The molecule has 9 nitrogen and oxygen atoms in total. The molecule has 0 saturated carbocycles. The number of nitrogens with zero attached hydrogens (tertiary/aromatic N) is 1. The molecule has 0 spiro atoms. The summed E-state index contributed by atoms with van der Waals surface area (Å²) >= 11 is 1.20. The first-order valence-corrected chi connectivity index (χ1v) is 12.2. The van der Waals surface area contributed by atoms with Crippen LogP contribution in [-0.4, -0.2) is 54.9 Å². The van der Waals surface area contributed by atoms with E-state index in [0.29, 0.717) is 31.9 Å². The van der Waals surface area contributed by atoms with Crippen molar-refractivity contribution in [1.82, 2.24) is 10.3 Å². The van der Waals surface area contributed by atoms with Crippen LogP contribution < -0.4 is 5.32 Å². The van der Waals surface area contributed by atoms with Gasteiger partial charge in [0.2, 0.25) is 5.54 Å². The van der Waals surface area contributed by atoms with Crippen LogP contribution >= 0.6 is 11.8 Å². The van der Waals surface area contributed by atoms with Crippen LogP contribution in [0.25, 0.3) is 0 Å². The number of hydrogen-bond donors (Lipinski definition) is 1. The lowest BCUT2D eigenvalue weighted by molar-refractivity contribution is -0.161. The van der Waals surface area contributed by atoms with Gasteiger partial charge in [-0.15, -0.1) is 11.8 Å². The molecule has 2 aromatic carbocycles. The molecule has 1 aromatic heterocycles. The van der Waals surface area contributed by atoms with Gasteiger partial charge in [0.15, 0.2) is 11.6 Å². The molecule has 3 rings (SSSR count). The van der Waals surface area contributed by atoms with Crippen molar-refractivity contribution in [2.24, 2.45) is 0 Å². The largest absolute Gasteiger partial charge is 0.467 e. The maximum absolute atomic E-state index is 13.0. The summed E-state index contributed by atoms with van der Waals surface area (Å²) < 4.78 is 20.8. The van der Waals surface area contributed by atoms with Gasteiger partial charge in [-0.25, -0.2) is 14.6 Å². The van der Waals surface area contributed by atoms with E-state index in [1.165, 1.54) is 18.0 Å². The molecular weight excluding hydrogens is 484 g/mol. The molecule has 0 aliphatic carbocycles. The highest BCUT2D eigenvalue weighted by atomic mass is 32.2. The molecule has 0 radical (unpaired) electrons. The van der Waals surface area contributed by atoms with Crippen molar-refractivity contribution in [3.8, 4) is 0 Å². The highest BCUT2D eigenvalue weighted by Crippen LogP contribution is 2.25. The smallest absolute Gasteiger partial charge is 0.344 e. The van der Waals surface area contributed by atoms with Crippen LogP contribution in [0.1, 0.15) is 28.4 Å². The number of oxazole rings is 1. The molecule has 1 N–H and O–H groups in total. The van der Waals surface area contributed by atoms with Gasteiger partial charge in [-0.3, -0.25) is 4.79 Å². The molecule has 36 heavy (non-hydrogen) atoms. The van der Waals surface area contributed by atoms with E-state index in [1.807, 2.05) is 60.7 Å². The van der Waals surface area contributed by atoms with Gasteiger partial charge in [0.1, 0.15) is 6.26 Å². The number of aryl methyl sites for hydroxylation is 1. The quantitative estimate of drug-likeness (QED) is 0.159. The number of rotatable bonds is 13. The molecule has 0 atom stereocenters. The van der Waals surface area contributed by atoms with Crippen LogP contribution in [0.5, 0.6) is 0 Å². The Balaban J connectivity index is 1.62. The molecule has 0 bridgehead atoms. The Morgan fingerprint density at radius 3 is 2.25 bits per heavy atom. The third-order valence-corrected chi connectivity index (χ3v) is 6.35. The summed E-state index contributed by atoms with van der Waals surface area (Å²) in [4.78, 5) is 43.4. The maximum Gasteiger partial charge on any atom is 0.344 e. The van der Waals surface area contributed by atoms with Gasteiger partial charge < -0.3 is 23.9 Å². The fourth-order valence-electron chi connectivity index (χ4n) is 3.27. The Hall–Kier alpha value is -3.63. The zero-order chi connectivity index (χ0) is 25.8. The second kappa shape index (κ2) is 13.5. The van der Waals surface area contributed by atoms with E-state index in [-0.39, 0.29) is 11.4 Å². The Morgan fingerprint density at radius 1 is 0.972 bits per heavy atom. The standard InChI is InChI=1S/C26H28N2O7S/c1-32-24(30)26(25(31)33-2,18-36-20-12-7-4-8-13-20)28-23(29)21-17-35-22(27-21)14-9-15-34-16-19-10-5-3-6-11-19/h3-8,10-13,17H,9,14-16,18H2,1-2H3,(H,28,29). The number of methoxy groups -OCH3 is 2. The van der Waals surface area contributed by atoms with E-state index >= 15 is 0 Å². The number of nitrogens with one attached hydrogen (secondary N) is 1. The average molecular weight is 513 g/mol. The van der Waals surface area contributed by atoms with Gasteiger partial charge in [0, 0.05) is 23.7 Å². The van der Waals surface area contributed by atoms with Gasteiger partial charge >= 0.3 is 11.9 Å². The molecular formula is C26H28N2O7S. The van der Waals surface area contributed by atoms with Crippen molar-refractivity contribution in [2.75, 3.05) is 26.6 Å². The monoisotopic (exact) mass is 512 g/mol. The van der Waals surface area contributed by atoms with Crippen molar-refractivity contribution in [3.05, 3.63) is 84.1 Å². The van der Waals surface area contributed by atoms with Crippen LogP contribution in [0.2, 0.25) is 0 Å². The highest BCUT2D eigenvalue weighted by Gasteiger charge is 2.50. The second-order valence-electron chi connectivity index (χ2n) is 7.71. The van der Waals surface area contributed by atoms with Crippen molar-refractivity contribution in [3.63, 3.8) is 0 Å². The minimum absolute atomic E-state index is 0.0721. The molecule has 1 heterocycles. The van der Waals surface area contributed by atoms with Gasteiger partial charge in [0.25, 0.3) is 5.91 Å². The molecule has 3 aromatic rings. The third-order valence-electron chi connectivity index (χ3n) is 5.17. The minimum atomic E-state index is -2.08. The topological polar surface area (TPSA) is 117 Å². The number of benzene rings is 2. The molecule has 0 saturated heterocycles. The summed E-state index contributed by atoms with van der Waals surface area (Å²) in [5.74, 6) is -2.49. The minimum Gasteiger partial charge on any atom is -0.467 e. The summed E-state index contributed by atoms with van der Waals surface area (Å²) in [5.41, 5.74) is -1.07. The fourth-order valence-corrected chi connectivity index (χ4v) is 4.31. The number of esters is 2. The number of hydrogen-bond acceptors (Lipinski definition) is 9. The molecule has 0 unspecified atom stereocenters. The molecule has 0 fully saturated rings. The first kappa shape index (κ1) is 27.0. The first-order chi connectivity index (χ1) is 17.5. The Bertz CT molecular complexity index is 1120. The van der Waals surface area contributed by atoms with Gasteiger partial charge in [0.05, 0.1) is 20.8 Å². The van der Waals surface area contributed by atoms with Crippen LogP contribution in [0.4, 0.5) is 0 Å². The summed E-state index contributed by atoms with van der Waals surface area (Å²) in [5, 5.41) is 2.47. The highest BCUT2D eigenvalue weighted by molar-refractivity contribution is 7.99. The van der Waals surface area contributed by atoms with Crippen LogP contribution in [-0.2, 0) is 36.8 Å². The molecule has 10 heteroatoms. The number of carbonyl (C=O) groups excluding carboxylic acids is 3. The SMILES string of the molecule is COC(=O)C(CSc1ccccc1)(NC(=O)c1coc(CCCOCc2ccccc2)n1)C(=O)OC. The number of aromatic nitrogens is 1. The van der Waals surface area contributed by atoms with E-state index in [1.54, 1.807) is 0 Å². The van der Waals surface area contributed by atoms with E-state index < -0.39 is 23.4 Å². The lowest BCUT2D eigenvalue weighted by atomic mass is 10.0. The molecule has 190 valence electrons. The number of ether oxygens (including phenoxy) is 3. The predicted octanol–water partition coefficient (Wildman–Crippen LogP) is 3.43. The maximum atomic E-state index is 13.0. The zero-order valence-electron chi connectivity index (χ0n) is 20.1. The van der Waals surface area contributed by atoms with Crippen LogP contribution in [0.15, 0.2) is 76.2 Å². The van der Waals surface area contributed by atoms with Crippen molar-refractivity contribution in [1.29, 1.82) is 0 Å². The number of thioether (sulfide) groups is 1. The summed E-state index contributed by atoms with van der Waals surface area (Å²) in [6, 6.07) is 18.9. The normalized spacial score (nSPS) is 11.1. The van der Waals surface area contributed by atoms with E-state index in [2.05, 4.69) is 10.3 Å².